The second-order valence-electron chi connectivity index (χ2n) is 9.81. The highest BCUT2D eigenvalue weighted by atomic mass is 32.1. The fourth-order valence-electron chi connectivity index (χ4n) is 3.37. The molecule has 0 aliphatic rings. The van der Waals surface area contributed by atoms with E-state index in [1.54, 1.807) is 32.9 Å². The van der Waals surface area contributed by atoms with Gasteiger partial charge in [-0.1, -0.05) is 31.2 Å². The molecule has 1 rings (SSSR count). The van der Waals surface area contributed by atoms with Crippen LogP contribution in [0.25, 0.3) is 0 Å². The molecule has 35 heavy (non-hydrogen) atoms. The predicted octanol–water partition coefficient (Wildman–Crippen LogP) is 3.17. The van der Waals surface area contributed by atoms with Gasteiger partial charge in [0.1, 0.15) is 24.2 Å². The number of rotatable bonds is 10. The molecule has 2 N–H and O–H groups in total. The molecule has 1 aromatic carbocycles. The molecule has 0 saturated heterocycles. The van der Waals surface area contributed by atoms with E-state index >= 15 is 0 Å². The van der Waals surface area contributed by atoms with Gasteiger partial charge in [-0.2, -0.15) is 12.6 Å². The summed E-state index contributed by atoms with van der Waals surface area (Å²) >= 11 is 4.29. The Hall–Kier alpha value is -2.75. The van der Waals surface area contributed by atoms with Gasteiger partial charge in [0.2, 0.25) is 11.8 Å². The average molecular weight is 510 g/mol. The number of carbonyl (C=O) groups is 4. The van der Waals surface area contributed by atoms with Gasteiger partial charge in [-0.05, 0) is 59.1 Å². The van der Waals surface area contributed by atoms with E-state index in [4.69, 9.17) is 4.74 Å². The van der Waals surface area contributed by atoms with Crippen molar-refractivity contribution in [3.05, 3.63) is 35.4 Å². The van der Waals surface area contributed by atoms with E-state index in [9.17, 15) is 19.2 Å². The fraction of sp³-hybridized carbons (Fsp3) is 0.600. The number of aryl methyl sites for hydroxylation is 1. The summed E-state index contributed by atoms with van der Waals surface area (Å²) in [4.78, 5) is 53.0. The van der Waals surface area contributed by atoms with Crippen LogP contribution in [0.1, 0.15) is 65.1 Å². The highest BCUT2D eigenvalue weighted by Gasteiger charge is 2.43. The lowest BCUT2D eigenvalue weighted by Gasteiger charge is -2.44. The Bertz CT molecular complexity index is 913. The number of nitrogens with zero attached hydrogens (tertiary/aromatic N) is 1. The number of nitrogens with one attached hydrogen (secondary N) is 2. The zero-order chi connectivity index (χ0) is 27.0. The van der Waals surface area contributed by atoms with Crippen molar-refractivity contribution in [1.29, 1.82) is 0 Å². The maximum Gasteiger partial charge on any atom is 0.408 e. The number of benzene rings is 1. The Balaban J connectivity index is 3.54. The molecule has 0 heterocycles. The summed E-state index contributed by atoms with van der Waals surface area (Å²) in [5.74, 6) is -1.68. The van der Waals surface area contributed by atoms with Crippen LogP contribution in [0.4, 0.5) is 4.79 Å². The molecule has 196 valence electrons. The largest absolute Gasteiger partial charge is 0.468 e. The van der Waals surface area contributed by atoms with E-state index in [0.717, 1.165) is 5.56 Å². The van der Waals surface area contributed by atoms with Crippen LogP contribution in [0, 0.1) is 6.92 Å². The molecule has 1 aromatic rings. The first kappa shape index (κ1) is 30.3. The van der Waals surface area contributed by atoms with E-state index < -0.39 is 47.1 Å². The third-order valence-electron chi connectivity index (χ3n) is 5.55. The van der Waals surface area contributed by atoms with Crippen molar-refractivity contribution in [3.8, 4) is 0 Å². The Labute approximate surface area is 213 Å². The van der Waals surface area contributed by atoms with Crippen LogP contribution in [-0.4, -0.2) is 65.4 Å². The molecule has 0 aliphatic carbocycles. The van der Waals surface area contributed by atoms with Gasteiger partial charge >= 0.3 is 12.1 Å². The molecule has 0 radical (unpaired) electrons. The van der Waals surface area contributed by atoms with Crippen LogP contribution in [0.3, 0.4) is 0 Å². The van der Waals surface area contributed by atoms with Gasteiger partial charge in [-0.25, -0.2) is 4.79 Å². The van der Waals surface area contributed by atoms with E-state index in [1.807, 2.05) is 39.8 Å². The van der Waals surface area contributed by atoms with E-state index in [0.29, 0.717) is 12.0 Å². The lowest BCUT2D eigenvalue weighted by Crippen LogP contribution is -2.60. The maximum atomic E-state index is 13.9. The minimum Gasteiger partial charge on any atom is -0.468 e. The predicted molar refractivity (Wildman–Crippen MR) is 137 cm³/mol. The van der Waals surface area contributed by atoms with Crippen molar-refractivity contribution >= 4 is 36.5 Å². The maximum absolute atomic E-state index is 13.9. The Morgan fingerprint density at radius 1 is 1.09 bits per heavy atom. The second-order valence-corrected chi connectivity index (χ2v) is 10.2. The molecule has 0 saturated carbocycles. The summed E-state index contributed by atoms with van der Waals surface area (Å²) in [6.07, 6.45) is -0.251. The summed E-state index contributed by atoms with van der Waals surface area (Å²) in [5.41, 5.74) is -0.171. The SMILES string of the molecule is CCC(C)(C)N(C(=O)C(CS)NC(=O)OC(C)(C)C)C(C(=O)NCC(=O)OC)c1ccccc1C. The van der Waals surface area contributed by atoms with Gasteiger partial charge in [0.15, 0.2) is 0 Å². The molecule has 0 fully saturated rings. The first-order valence-electron chi connectivity index (χ1n) is 11.5. The Morgan fingerprint density at radius 3 is 2.17 bits per heavy atom. The number of thiol groups is 1. The zero-order valence-electron chi connectivity index (χ0n) is 21.9. The van der Waals surface area contributed by atoms with E-state index in [2.05, 4.69) is 28.0 Å². The molecule has 0 aromatic heterocycles. The average Bonchev–Trinajstić information content (AvgIpc) is 2.77. The first-order valence-corrected chi connectivity index (χ1v) is 12.1. The standard InChI is InChI=1S/C25H39N3O6S/c1-9-25(6,7)28(22(31)18(15-35)27-23(32)34-24(3,4)5)20(17-13-11-10-12-16(17)2)21(30)26-14-19(29)33-8/h10-13,18,20,35H,9,14-15H2,1-8H3,(H,26,30)(H,27,32). The van der Waals surface area contributed by atoms with Crippen LogP contribution in [-0.2, 0) is 23.9 Å². The smallest absolute Gasteiger partial charge is 0.408 e. The molecular weight excluding hydrogens is 470 g/mol. The van der Waals surface area contributed by atoms with Crippen LogP contribution >= 0.6 is 12.6 Å². The van der Waals surface area contributed by atoms with Gasteiger partial charge in [-0.3, -0.25) is 14.4 Å². The molecule has 3 amide bonds. The van der Waals surface area contributed by atoms with Gasteiger partial charge in [0.05, 0.1) is 7.11 Å². The third kappa shape index (κ3) is 8.76. The number of ether oxygens (including phenoxy) is 2. The minimum atomic E-state index is -1.08. The van der Waals surface area contributed by atoms with Crippen LogP contribution in [0.2, 0.25) is 0 Å². The van der Waals surface area contributed by atoms with Gasteiger partial charge in [0.25, 0.3) is 0 Å². The van der Waals surface area contributed by atoms with Crippen molar-refractivity contribution in [1.82, 2.24) is 15.5 Å². The zero-order valence-corrected chi connectivity index (χ0v) is 22.8. The molecular formula is C25H39N3O6S. The van der Waals surface area contributed by atoms with Gasteiger partial charge in [-0.15, -0.1) is 0 Å². The van der Waals surface area contributed by atoms with E-state index in [-0.39, 0.29) is 12.3 Å². The number of esters is 1. The highest BCUT2D eigenvalue weighted by molar-refractivity contribution is 7.80. The fourth-order valence-corrected chi connectivity index (χ4v) is 3.62. The number of alkyl carbamates (subject to hydrolysis) is 1. The van der Waals surface area contributed by atoms with Crippen LogP contribution in [0.5, 0.6) is 0 Å². The molecule has 0 bridgehead atoms. The van der Waals surface area contributed by atoms with Crippen molar-refractivity contribution in [2.75, 3.05) is 19.4 Å². The topological polar surface area (TPSA) is 114 Å². The van der Waals surface area contributed by atoms with Gasteiger partial charge in [0, 0.05) is 11.3 Å². The number of carbonyl (C=O) groups excluding carboxylic acids is 4. The lowest BCUT2D eigenvalue weighted by atomic mass is 9.90. The normalized spacial score (nSPS) is 13.3. The first-order chi connectivity index (χ1) is 16.2. The minimum absolute atomic E-state index is 0.0152. The van der Waals surface area contributed by atoms with Crippen molar-refractivity contribution in [3.63, 3.8) is 0 Å². The third-order valence-corrected chi connectivity index (χ3v) is 5.92. The molecule has 0 aliphatic heterocycles. The number of methoxy groups -OCH3 is 1. The molecule has 9 nitrogen and oxygen atoms in total. The Kier molecular flexibility index (Phi) is 11.1. The number of hydrogen-bond donors (Lipinski definition) is 3. The van der Waals surface area contributed by atoms with Crippen molar-refractivity contribution < 1.29 is 28.7 Å². The quantitative estimate of drug-likeness (QED) is 0.330. The number of hydrogen-bond acceptors (Lipinski definition) is 7. The summed E-state index contributed by atoms with van der Waals surface area (Å²) < 4.78 is 9.96. The molecule has 0 spiro atoms. The summed E-state index contributed by atoms with van der Waals surface area (Å²) in [7, 11) is 1.23. The molecule has 2 unspecified atom stereocenters. The summed E-state index contributed by atoms with van der Waals surface area (Å²) in [6, 6.07) is 5.08. The van der Waals surface area contributed by atoms with Gasteiger partial charge < -0.3 is 25.0 Å². The number of amides is 3. The second kappa shape index (κ2) is 12.8. The lowest BCUT2D eigenvalue weighted by molar-refractivity contribution is -0.149. The molecule has 10 heteroatoms. The highest BCUT2D eigenvalue weighted by Crippen LogP contribution is 2.33. The van der Waals surface area contributed by atoms with Crippen LogP contribution in [0.15, 0.2) is 24.3 Å². The summed E-state index contributed by atoms with van der Waals surface area (Å²) in [6.45, 7) is 12.2. The van der Waals surface area contributed by atoms with E-state index in [1.165, 1.54) is 12.0 Å². The van der Waals surface area contributed by atoms with Crippen molar-refractivity contribution in [2.24, 2.45) is 0 Å². The summed E-state index contributed by atoms with van der Waals surface area (Å²) in [5, 5.41) is 5.17. The monoisotopic (exact) mass is 509 g/mol. The Morgan fingerprint density at radius 2 is 1.69 bits per heavy atom. The molecule has 2 atom stereocenters. The van der Waals surface area contributed by atoms with Crippen LogP contribution < -0.4 is 10.6 Å². The van der Waals surface area contributed by atoms with Crippen molar-refractivity contribution in [2.45, 2.75) is 78.1 Å².